The first-order valence-corrected chi connectivity index (χ1v) is 8.26. The Balaban J connectivity index is 2.03. The van der Waals surface area contributed by atoms with Gasteiger partial charge in [-0.2, -0.15) is 5.26 Å². The first-order valence-electron chi connectivity index (χ1n) is 8.26. The SMILES string of the molecule is COc1ccccc1[C@@H]1[C@H]2CCCC[C@@]2(O)CC[NH+]1CC#N. The highest BCUT2D eigenvalue weighted by molar-refractivity contribution is 5.36. The summed E-state index contributed by atoms with van der Waals surface area (Å²) in [6, 6.07) is 10.6. The van der Waals surface area contributed by atoms with Crippen LogP contribution < -0.4 is 9.64 Å². The van der Waals surface area contributed by atoms with Crippen molar-refractivity contribution < 1.29 is 14.7 Å². The molecule has 0 spiro atoms. The Bertz CT molecular complexity index is 568. The molecule has 2 aliphatic rings. The molecule has 0 amide bonds. The maximum absolute atomic E-state index is 11.1. The number of fused-ring (bicyclic) bond motifs is 1. The van der Waals surface area contributed by atoms with Crippen LogP contribution in [0.25, 0.3) is 0 Å². The molecule has 4 nitrogen and oxygen atoms in total. The van der Waals surface area contributed by atoms with Gasteiger partial charge in [0.2, 0.25) is 0 Å². The Kier molecular flexibility index (Phi) is 4.37. The molecule has 3 rings (SSSR count). The molecule has 4 atom stereocenters. The molecule has 118 valence electrons. The van der Waals surface area contributed by atoms with E-state index in [4.69, 9.17) is 4.74 Å². The molecule has 1 aromatic rings. The third-order valence-corrected chi connectivity index (χ3v) is 5.57. The molecule has 0 bridgehead atoms. The Morgan fingerprint density at radius 2 is 2.18 bits per heavy atom. The van der Waals surface area contributed by atoms with Gasteiger partial charge in [0, 0.05) is 12.3 Å². The van der Waals surface area contributed by atoms with Gasteiger partial charge >= 0.3 is 0 Å². The van der Waals surface area contributed by atoms with Crippen molar-refractivity contribution in [2.45, 2.75) is 43.7 Å². The van der Waals surface area contributed by atoms with Gasteiger partial charge in [-0.3, -0.25) is 0 Å². The third kappa shape index (κ3) is 2.60. The van der Waals surface area contributed by atoms with Crippen LogP contribution in [0.5, 0.6) is 5.75 Å². The molecule has 0 radical (unpaired) electrons. The molecule has 1 heterocycles. The summed E-state index contributed by atoms with van der Waals surface area (Å²) in [5, 5.41) is 20.3. The summed E-state index contributed by atoms with van der Waals surface area (Å²) >= 11 is 0. The number of aliphatic hydroxyl groups is 1. The molecule has 1 saturated heterocycles. The number of nitrogens with zero attached hydrogens (tertiary/aromatic N) is 1. The first kappa shape index (κ1) is 15.3. The van der Waals surface area contributed by atoms with Gasteiger partial charge in [0.05, 0.1) is 24.8 Å². The Hall–Kier alpha value is -1.57. The molecule has 2 fully saturated rings. The number of nitriles is 1. The zero-order valence-electron chi connectivity index (χ0n) is 13.2. The molecule has 1 unspecified atom stereocenters. The van der Waals surface area contributed by atoms with Crippen LogP contribution in [0.15, 0.2) is 24.3 Å². The van der Waals surface area contributed by atoms with Crippen molar-refractivity contribution >= 4 is 0 Å². The van der Waals surface area contributed by atoms with Crippen LogP contribution in [-0.2, 0) is 0 Å². The van der Waals surface area contributed by atoms with Crippen molar-refractivity contribution in [2.24, 2.45) is 5.92 Å². The number of rotatable bonds is 3. The fraction of sp³-hybridized carbons (Fsp3) is 0.611. The minimum Gasteiger partial charge on any atom is -0.496 e. The van der Waals surface area contributed by atoms with Crippen LogP contribution in [-0.4, -0.2) is 30.9 Å². The second-order valence-electron chi connectivity index (χ2n) is 6.67. The Labute approximate surface area is 132 Å². The summed E-state index contributed by atoms with van der Waals surface area (Å²) in [7, 11) is 1.69. The van der Waals surface area contributed by atoms with Gasteiger partial charge in [-0.15, -0.1) is 0 Å². The van der Waals surface area contributed by atoms with Gasteiger partial charge in [0.1, 0.15) is 17.9 Å². The minimum absolute atomic E-state index is 0.148. The average molecular weight is 301 g/mol. The van der Waals surface area contributed by atoms with E-state index in [0.717, 1.165) is 43.5 Å². The van der Waals surface area contributed by atoms with Crippen LogP contribution in [0.2, 0.25) is 0 Å². The zero-order valence-corrected chi connectivity index (χ0v) is 13.2. The molecule has 1 saturated carbocycles. The number of hydrogen-bond acceptors (Lipinski definition) is 3. The minimum atomic E-state index is -0.567. The van der Waals surface area contributed by atoms with Crippen molar-refractivity contribution in [2.75, 3.05) is 20.2 Å². The van der Waals surface area contributed by atoms with E-state index in [1.54, 1.807) is 7.11 Å². The summed E-state index contributed by atoms with van der Waals surface area (Å²) in [6.07, 6.45) is 5.01. The molecule has 0 aromatic heterocycles. The number of piperidine rings is 1. The predicted octanol–water partition coefficient (Wildman–Crippen LogP) is 1.47. The summed E-state index contributed by atoms with van der Waals surface area (Å²) in [6.45, 7) is 1.33. The Morgan fingerprint density at radius 3 is 2.95 bits per heavy atom. The molecular formula is C18H25N2O2+. The van der Waals surface area contributed by atoms with E-state index >= 15 is 0 Å². The van der Waals surface area contributed by atoms with E-state index in [2.05, 4.69) is 12.1 Å². The molecule has 1 aliphatic carbocycles. The van der Waals surface area contributed by atoms with E-state index in [0.29, 0.717) is 6.54 Å². The summed E-state index contributed by atoms with van der Waals surface area (Å²) in [4.78, 5) is 1.27. The first-order chi connectivity index (χ1) is 10.7. The lowest BCUT2D eigenvalue weighted by molar-refractivity contribution is -0.938. The Morgan fingerprint density at radius 1 is 1.36 bits per heavy atom. The summed E-state index contributed by atoms with van der Waals surface area (Å²) in [5.41, 5.74) is 0.572. The number of benzene rings is 1. The van der Waals surface area contributed by atoms with Gasteiger partial charge in [-0.1, -0.05) is 25.0 Å². The van der Waals surface area contributed by atoms with Crippen LogP contribution in [0.4, 0.5) is 0 Å². The number of para-hydroxylation sites is 1. The second kappa shape index (κ2) is 6.28. The number of ether oxygens (including phenoxy) is 1. The lowest BCUT2D eigenvalue weighted by Gasteiger charge is -2.49. The third-order valence-electron chi connectivity index (χ3n) is 5.57. The smallest absolute Gasteiger partial charge is 0.165 e. The van der Waals surface area contributed by atoms with Gasteiger partial charge in [0.15, 0.2) is 6.54 Å². The number of nitrogens with one attached hydrogen (secondary N) is 1. The van der Waals surface area contributed by atoms with E-state index in [-0.39, 0.29) is 12.0 Å². The highest BCUT2D eigenvalue weighted by Gasteiger charge is 2.52. The maximum atomic E-state index is 11.1. The lowest BCUT2D eigenvalue weighted by atomic mass is 9.66. The van der Waals surface area contributed by atoms with E-state index < -0.39 is 5.60 Å². The molecule has 2 N–H and O–H groups in total. The molecule has 1 aromatic carbocycles. The second-order valence-corrected chi connectivity index (χ2v) is 6.67. The fourth-order valence-corrected chi connectivity index (χ4v) is 4.51. The van der Waals surface area contributed by atoms with Crippen molar-refractivity contribution in [1.82, 2.24) is 0 Å². The molecule has 22 heavy (non-hydrogen) atoms. The monoisotopic (exact) mass is 301 g/mol. The maximum Gasteiger partial charge on any atom is 0.165 e. The van der Waals surface area contributed by atoms with Crippen molar-refractivity contribution in [3.8, 4) is 11.8 Å². The highest BCUT2D eigenvalue weighted by Crippen LogP contribution is 2.45. The average Bonchev–Trinajstić information content (AvgIpc) is 2.55. The summed E-state index contributed by atoms with van der Waals surface area (Å²) in [5.74, 6) is 1.09. The van der Waals surface area contributed by atoms with E-state index in [1.165, 1.54) is 11.3 Å². The van der Waals surface area contributed by atoms with Gasteiger partial charge in [-0.05, 0) is 25.0 Å². The quantitative estimate of drug-likeness (QED) is 0.831. The van der Waals surface area contributed by atoms with Crippen LogP contribution in [0.1, 0.15) is 43.7 Å². The van der Waals surface area contributed by atoms with Gasteiger partial charge in [-0.25, -0.2) is 0 Å². The number of likely N-dealkylation sites (tertiary alicyclic amines) is 1. The zero-order chi connectivity index (χ0) is 15.6. The standard InChI is InChI=1S/C18H24N2O2/c1-22-16-8-3-2-6-14(16)17-15-7-4-5-9-18(15,21)10-12-20(17)13-11-19/h2-3,6,8,15,17,21H,4-5,7,9-10,12-13H2,1H3/p+1/t15-,17-,18-/m1/s1. The van der Waals surface area contributed by atoms with Crippen molar-refractivity contribution in [3.63, 3.8) is 0 Å². The summed E-state index contributed by atoms with van der Waals surface area (Å²) < 4.78 is 5.56. The van der Waals surface area contributed by atoms with Crippen LogP contribution in [0, 0.1) is 17.2 Å². The van der Waals surface area contributed by atoms with Crippen molar-refractivity contribution in [3.05, 3.63) is 29.8 Å². The van der Waals surface area contributed by atoms with E-state index in [9.17, 15) is 10.4 Å². The topological polar surface area (TPSA) is 57.7 Å². The predicted molar refractivity (Wildman–Crippen MR) is 83.6 cm³/mol. The highest BCUT2D eigenvalue weighted by atomic mass is 16.5. The molecule has 1 aliphatic heterocycles. The van der Waals surface area contributed by atoms with Crippen molar-refractivity contribution in [1.29, 1.82) is 5.26 Å². The number of quaternary nitrogens is 1. The van der Waals surface area contributed by atoms with Gasteiger partial charge < -0.3 is 14.7 Å². The van der Waals surface area contributed by atoms with Gasteiger partial charge in [0.25, 0.3) is 0 Å². The number of hydrogen-bond donors (Lipinski definition) is 2. The molecule has 4 heteroatoms. The normalized spacial score (nSPS) is 34.5. The van der Waals surface area contributed by atoms with Crippen LogP contribution >= 0.6 is 0 Å². The van der Waals surface area contributed by atoms with Crippen LogP contribution in [0.3, 0.4) is 0 Å². The fourth-order valence-electron chi connectivity index (χ4n) is 4.51. The lowest BCUT2D eigenvalue weighted by Crippen LogP contribution is -3.15. The largest absolute Gasteiger partial charge is 0.496 e. The number of methoxy groups -OCH3 is 1. The van der Waals surface area contributed by atoms with E-state index in [1.807, 2.05) is 18.2 Å². The molecular weight excluding hydrogens is 276 g/mol.